The summed E-state index contributed by atoms with van der Waals surface area (Å²) in [5.41, 5.74) is 0.302. The first kappa shape index (κ1) is 12.9. The fourth-order valence-corrected chi connectivity index (χ4v) is 2.90. The third kappa shape index (κ3) is 3.21. The highest BCUT2D eigenvalue weighted by Crippen LogP contribution is 2.54. The molecule has 0 spiro atoms. The van der Waals surface area contributed by atoms with Gasteiger partial charge in [0.15, 0.2) is 0 Å². The molecule has 98 valence electrons. The molecule has 0 aromatic heterocycles. The molecular weight excluding hydrogens is 212 g/mol. The van der Waals surface area contributed by atoms with Gasteiger partial charge in [-0.15, -0.1) is 0 Å². The van der Waals surface area contributed by atoms with Crippen LogP contribution in [0.4, 0.5) is 0 Å². The molecule has 3 heteroatoms. The Balaban J connectivity index is 1.61. The first-order valence-electron chi connectivity index (χ1n) is 7.14. The summed E-state index contributed by atoms with van der Waals surface area (Å²) >= 11 is 0. The fourth-order valence-electron chi connectivity index (χ4n) is 2.90. The lowest BCUT2D eigenvalue weighted by Gasteiger charge is -2.22. The third-order valence-corrected chi connectivity index (χ3v) is 4.73. The topological polar surface area (TPSA) is 41.1 Å². The average Bonchev–Trinajstić information content (AvgIpc) is 3.04. The molecule has 2 N–H and O–H groups in total. The van der Waals surface area contributed by atoms with Crippen LogP contribution in [0, 0.1) is 17.3 Å². The Bertz CT molecular complexity index is 273. The highest BCUT2D eigenvalue weighted by Gasteiger charge is 2.52. The van der Waals surface area contributed by atoms with Gasteiger partial charge in [-0.05, 0) is 56.5 Å². The second kappa shape index (κ2) is 5.38. The predicted molar refractivity (Wildman–Crippen MR) is 69.7 cm³/mol. The van der Waals surface area contributed by atoms with Crippen molar-refractivity contribution in [1.29, 1.82) is 0 Å². The van der Waals surface area contributed by atoms with Gasteiger partial charge < -0.3 is 10.6 Å². The van der Waals surface area contributed by atoms with Crippen molar-refractivity contribution in [3.05, 3.63) is 0 Å². The molecule has 1 amide bonds. The van der Waals surface area contributed by atoms with Crippen LogP contribution < -0.4 is 10.6 Å². The fraction of sp³-hybridized carbons (Fsp3) is 0.929. The number of amides is 1. The van der Waals surface area contributed by atoms with E-state index in [4.69, 9.17) is 0 Å². The van der Waals surface area contributed by atoms with Crippen LogP contribution in [0.3, 0.4) is 0 Å². The minimum Gasteiger partial charge on any atom is -0.356 e. The zero-order chi connectivity index (χ0) is 12.3. The molecule has 1 saturated carbocycles. The van der Waals surface area contributed by atoms with Crippen LogP contribution in [-0.2, 0) is 4.79 Å². The van der Waals surface area contributed by atoms with Crippen molar-refractivity contribution >= 4 is 5.91 Å². The number of rotatable bonds is 5. The molecule has 0 radical (unpaired) electrons. The standard InChI is InChI=1S/C14H26N2O/c1-3-14(2)9-12(14)13(17)16-8-6-11-5-4-7-15-10-11/h11-12,15H,3-10H2,1-2H3,(H,16,17). The highest BCUT2D eigenvalue weighted by molar-refractivity contribution is 5.82. The van der Waals surface area contributed by atoms with Gasteiger partial charge in [0.05, 0.1) is 0 Å². The van der Waals surface area contributed by atoms with Crippen LogP contribution in [0.1, 0.15) is 46.0 Å². The minimum atomic E-state index is 0.289. The van der Waals surface area contributed by atoms with E-state index < -0.39 is 0 Å². The first-order chi connectivity index (χ1) is 8.15. The van der Waals surface area contributed by atoms with Gasteiger partial charge in [-0.3, -0.25) is 4.79 Å². The van der Waals surface area contributed by atoms with Gasteiger partial charge in [0.25, 0.3) is 0 Å². The van der Waals surface area contributed by atoms with E-state index in [1.54, 1.807) is 0 Å². The zero-order valence-electron chi connectivity index (χ0n) is 11.2. The van der Waals surface area contributed by atoms with E-state index in [0.717, 1.165) is 38.3 Å². The number of nitrogens with one attached hydrogen (secondary N) is 2. The van der Waals surface area contributed by atoms with Gasteiger partial charge in [0.2, 0.25) is 5.91 Å². The summed E-state index contributed by atoms with van der Waals surface area (Å²) in [6.45, 7) is 7.57. The lowest BCUT2D eigenvalue weighted by Crippen LogP contribution is -2.34. The summed E-state index contributed by atoms with van der Waals surface area (Å²) < 4.78 is 0. The number of piperidine rings is 1. The van der Waals surface area contributed by atoms with E-state index in [1.807, 2.05) is 0 Å². The van der Waals surface area contributed by atoms with Gasteiger partial charge in [0, 0.05) is 12.5 Å². The Morgan fingerprint density at radius 3 is 2.94 bits per heavy atom. The number of carbonyl (C=O) groups excluding carboxylic acids is 1. The van der Waals surface area contributed by atoms with Gasteiger partial charge in [-0.25, -0.2) is 0 Å². The van der Waals surface area contributed by atoms with Crippen LogP contribution in [0.25, 0.3) is 0 Å². The second-order valence-corrected chi connectivity index (χ2v) is 6.06. The zero-order valence-corrected chi connectivity index (χ0v) is 11.2. The quantitative estimate of drug-likeness (QED) is 0.768. The summed E-state index contributed by atoms with van der Waals surface area (Å²) in [6.07, 6.45) is 5.94. The maximum atomic E-state index is 11.9. The van der Waals surface area contributed by atoms with E-state index in [9.17, 15) is 4.79 Å². The lowest BCUT2D eigenvalue weighted by atomic mass is 9.96. The van der Waals surface area contributed by atoms with Crippen molar-refractivity contribution in [1.82, 2.24) is 10.6 Å². The molecule has 3 unspecified atom stereocenters. The largest absolute Gasteiger partial charge is 0.356 e. The van der Waals surface area contributed by atoms with Crippen molar-refractivity contribution in [2.45, 2.75) is 46.0 Å². The molecule has 1 heterocycles. The van der Waals surface area contributed by atoms with Gasteiger partial charge in [0.1, 0.15) is 0 Å². The lowest BCUT2D eigenvalue weighted by molar-refractivity contribution is -0.123. The molecular formula is C14H26N2O. The Morgan fingerprint density at radius 1 is 1.53 bits per heavy atom. The Morgan fingerprint density at radius 2 is 2.35 bits per heavy atom. The van der Waals surface area contributed by atoms with Crippen LogP contribution in [-0.4, -0.2) is 25.5 Å². The summed E-state index contributed by atoms with van der Waals surface area (Å²) in [7, 11) is 0. The minimum absolute atomic E-state index is 0.289. The molecule has 0 aromatic rings. The Labute approximate surface area is 105 Å². The van der Waals surface area contributed by atoms with Gasteiger partial charge >= 0.3 is 0 Å². The molecule has 2 fully saturated rings. The molecule has 3 atom stereocenters. The number of hydrogen-bond acceptors (Lipinski definition) is 2. The Hall–Kier alpha value is -0.570. The number of carbonyl (C=O) groups is 1. The first-order valence-corrected chi connectivity index (χ1v) is 7.14. The SMILES string of the molecule is CCC1(C)CC1C(=O)NCCC1CCCNC1. The van der Waals surface area contributed by atoms with Crippen molar-refractivity contribution < 1.29 is 4.79 Å². The summed E-state index contributed by atoms with van der Waals surface area (Å²) in [5.74, 6) is 1.34. The molecule has 17 heavy (non-hydrogen) atoms. The second-order valence-electron chi connectivity index (χ2n) is 6.06. The highest BCUT2D eigenvalue weighted by atomic mass is 16.2. The van der Waals surface area contributed by atoms with Crippen molar-refractivity contribution in [2.75, 3.05) is 19.6 Å². The molecule has 2 aliphatic rings. The van der Waals surface area contributed by atoms with Crippen LogP contribution in [0.5, 0.6) is 0 Å². The Kier molecular flexibility index (Phi) is 4.08. The molecule has 1 aliphatic heterocycles. The normalized spacial score (nSPS) is 36.6. The van der Waals surface area contributed by atoms with Crippen LogP contribution >= 0.6 is 0 Å². The smallest absolute Gasteiger partial charge is 0.223 e. The molecule has 1 saturated heterocycles. The molecule has 2 rings (SSSR count). The van der Waals surface area contributed by atoms with Crippen LogP contribution in [0.2, 0.25) is 0 Å². The molecule has 0 aromatic carbocycles. The van der Waals surface area contributed by atoms with Crippen molar-refractivity contribution in [2.24, 2.45) is 17.3 Å². The van der Waals surface area contributed by atoms with Crippen molar-refractivity contribution in [3.8, 4) is 0 Å². The van der Waals surface area contributed by atoms with Gasteiger partial charge in [-0.2, -0.15) is 0 Å². The van der Waals surface area contributed by atoms with Crippen LogP contribution in [0.15, 0.2) is 0 Å². The predicted octanol–water partition coefficient (Wildman–Crippen LogP) is 1.93. The summed E-state index contributed by atoms with van der Waals surface area (Å²) in [6, 6.07) is 0. The maximum absolute atomic E-state index is 11.9. The monoisotopic (exact) mass is 238 g/mol. The molecule has 0 bridgehead atoms. The summed E-state index contributed by atoms with van der Waals surface area (Å²) in [5, 5.41) is 6.53. The van der Waals surface area contributed by atoms with E-state index in [0.29, 0.717) is 5.41 Å². The molecule has 1 aliphatic carbocycles. The van der Waals surface area contributed by atoms with E-state index >= 15 is 0 Å². The average molecular weight is 238 g/mol. The maximum Gasteiger partial charge on any atom is 0.223 e. The van der Waals surface area contributed by atoms with Crippen molar-refractivity contribution in [3.63, 3.8) is 0 Å². The third-order valence-electron chi connectivity index (χ3n) is 4.73. The van der Waals surface area contributed by atoms with E-state index in [2.05, 4.69) is 24.5 Å². The number of hydrogen-bond donors (Lipinski definition) is 2. The van der Waals surface area contributed by atoms with E-state index in [-0.39, 0.29) is 11.8 Å². The van der Waals surface area contributed by atoms with Gasteiger partial charge in [-0.1, -0.05) is 13.8 Å². The van der Waals surface area contributed by atoms with E-state index in [1.165, 1.54) is 19.4 Å². The summed E-state index contributed by atoms with van der Waals surface area (Å²) in [4.78, 5) is 11.9. The molecule has 3 nitrogen and oxygen atoms in total.